The Balaban J connectivity index is 1.25. The van der Waals surface area contributed by atoms with Gasteiger partial charge in [-0.15, -0.1) is 11.3 Å². The molecular weight excluding hydrogens is 364 g/mol. The van der Waals surface area contributed by atoms with Gasteiger partial charge in [-0.05, 0) is 31.7 Å². The van der Waals surface area contributed by atoms with Crippen LogP contribution in [0.15, 0.2) is 23.1 Å². The second-order valence-corrected chi connectivity index (χ2v) is 8.02. The zero-order valence-corrected chi connectivity index (χ0v) is 16.1. The van der Waals surface area contributed by atoms with Gasteiger partial charge in [-0.2, -0.15) is 5.10 Å². The van der Waals surface area contributed by atoms with E-state index in [1.807, 2.05) is 4.90 Å². The van der Waals surface area contributed by atoms with Crippen molar-refractivity contribution >= 4 is 22.5 Å². The van der Waals surface area contributed by atoms with Gasteiger partial charge in [0.2, 0.25) is 0 Å². The molecule has 0 bridgehead atoms. The summed E-state index contributed by atoms with van der Waals surface area (Å²) in [5.41, 5.74) is 1.08. The highest BCUT2D eigenvalue weighted by atomic mass is 32.1. The van der Waals surface area contributed by atoms with E-state index in [0.29, 0.717) is 19.6 Å². The Morgan fingerprint density at radius 3 is 2.74 bits per heavy atom. The summed E-state index contributed by atoms with van der Waals surface area (Å²) in [5, 5.41) is 7.77. The summed E-state index contributed by atoms with van der Waals surface area (Å²) in [6.07, 6.45) is 6.15. The standard InChI is InChI=1S/C18H24N6O2S/c25-16-6-3-7-19-24(16)13-10-22-8-11-23(12-9-22)18(26)21-17-20-14-4-1-2-5-15(14)27-17/h3,6-7H,1-2,4-5,8-13H2,(H,20,21,26). The number of carbonyl (C=O) groups excluding carboxylic acids is 1. The normalized spacial score (nSPS) is 17.6. The van der Waals surface area contributed by atoms with E-state index >= 15 is 0 Å². The summed E-state index contributed by atoms with van der Waals surface area (Å²) in [4.78, 5) is 34.2. The highest BCUT2D eigenvalue weighted by molar-refractivity contribution is 7.15. The van der Waals surface area contributed by atoms with Gasteiger partial charge in [-0.3, -0.25) is 15.0 Å². The molecule has 1 aliphatic carbocycles. The van der Waals surface area contributed by atoms with E-state index in [0.717, 1.165) is 43.3 Å². The number of hydrogen-bond acceptors (Lipinski definition) is 6. The summed E-state index contributed by atoms with van der Waals surface area (Å²) in [5.74, 6) is 0. The average Bonchev–Trinajstić information content (AvgIpc) is 3.10. The Morgan fingerprint density at radius 1 is 1.15 bits per heavy atom. The molecule has 27 heavy (non-hydrogen) atoms. The maximum Gasteiger partial charge on any atom is 0.323 e. The SMILES string of the molecule is O=C(Nc1nc2c(s1)CCCC2)N1CCN(CCn2ncccc2=O)CC1. The molecule has 0 spiro atoms. The number of anilines is 1. The lowest BCUT2D eigenvalue weighted by molar-refractivity contribution is 0.143. The van der Waals surface area contributed by atoms with E-state index in [1.54, 1.807) is 23.6 Å². The lowest BCUT2D eigenvalue weighted by Gasteiger charge is -2.34. The average molecular weight is 388 g/mol. The fraction of sp³-hybridized carbons (Fsp3) is 0.556. The molecule has 0 aromatic carbocycles. The molecule has 0 unspecified atom stereocenters. The molecule has 2 aromatic rings. The summed E-state index contributed by atoms with van der Waals surface area (Å²) < 4.78 is 1.48. The van der Waals surface area contributed by atoms with E-state index < -0.39 is 0 Å². The maximum absolute atomic E-state index is 12.5. The topological polar surface area (TPSA) is 83.4 Å². The van der Waals surface area contributed by atoms with Gasteiger partial charge in [0.1, 0.15) is 0 Å². The second-order valence-electron chi connectivity index (χ2n) is 6.94. The van der Waals surface area contributed by atoms with Gasteiger partial charge in [0.05, 0.1) is 12.2 Å². The van der Waals surface area contributed by atoms with Gasteiger partial charge in [-0.25, -0.2) is 14.5 Å². The third kappa shape index (κ3) is 4.36. The van der Waals surface area contributed by atoms with Crippen LogP contribution in [0, 0.1) is 0 Å². The van der Waals surface area contributed by atoms with Gasteiger partial charge in [-0.1, -0.05) is 0 Å². The molecule has 2 aromatic heterocycles. The predicted molar refractivity (Wildman–Crippen MR) is 104 cm³/mol. The Kier molecular flexibility index (Phi) is 5.49. The number of urea groups is 1. The first kappa shape index (κ1) is 18.1. The van der Waals surface area contributed by atoms with E-state index in [-0.39, 0.29) is 11.6 Å². The number of nitrogens with one attached hydrogen (secondary N) is 1. The summed E-state index contributed by atoms with van der Waals surface area (Å²) in [6, 6.07) is 3.10. The zero-order valence-electron chi connectivity index (χ0n) is 15.3. The minimum atomic E-state index is -0.0818. The number of rotatable bonds is 4. The van der Waals surface area contributed by atoms with Crippen molar-refractivity contribution in [2.24, 2.45) is 0 Å². The molecule has 1 saturated heterocycles. The van der Waals surface area contributed by atoms with Crippen molar-refractivity contribution in [2.45, 2.75) is 32.2 Å². The number of aromatic nitrogens is 3. The van der Waals surface area contributed by atoms with Crippen LogP contribution in [0.4, 0.5) is 9.93 Å². The number of nitrogens with zero attached hydrogens (tertiary/aromatic N) is 5. The van der Waals surface area contributed by atoms with E-state index in [9.17, 15) is 9.59 Å². The molecule has 2 amide bonds. The third-order valence-corrected chi connectivity index (χ3v) is 6.21. The van der Waals surface area contributed by atoms with Crippen molar-refractivity contribution in [3.8, 4) is 0 Å². The minimum Gasteiger partial charge on any atom is -0.322 e. The Hall–Kier alpha value is -2.26. The second kappa shape index (κ2) is 8.18. The molecule has 8 nitrogen and oxygen atoms in total. The number of thiazole rings is 1. The van der Waals surface area contributed by atoms with Crippen LogP contribution >= 0.6 is 11.3 Å². The van der Waals surface area contributed by atoms with Crippen LogP contribution in [0.2, 0.25) is 0 Å². The number of amides is 2. The van der Waals surface area contributed by atoms with Gasteiger partial charge < -0.3 is 4.90 Å². The maximum atomic E-state index is 12.5. The molecule has 0 atom stereocenters. The molecular formula is C18H24N6O2S. The van der Waals surface area contributed by atoms with Crippen molar-refractivity contribution in [2.75, 3.05) is 38.0 Å². The van der Waals surface area contributed by atoms with Crippen LogP contribution in [0.5, 0.6) is 0 Å². The first-order valence-electron chi connectivity index (χ1n) is 9.48. The first-order chi connectivity index (χ1) is 13.2. The molecule has 2 aliphatic rings. The van der Waals surface area contributed by atoms with Crippen molar-refractivity contribution < 1.29 is 4.79 Å². The van der Waals surface area contributed by atoms with Crippen molar-refractivity contribution in [3.63, 3.8) is 0 Å². The molecule has 1 fully saturated rings. The summed E-state index contributed by atoms with van der Waals surface area (Å²) >= 11 is 1.62. The largest absolute Gasteiger partial charge is 0.323 e. The van der Waals surface area contributed by atoms with Crippen LogP contribution < -0.4 is 10.9 Å². The highest BCUT2D eigenvalue weighted by Gasteiger charge is 2.23. The lowest BCUT2D eigenvalue weighted by Crippen LogP contribution is -2.50. The summed E-state index contributed by atoms with van der Waals surface area (Å²) in [7, 11) is 0. The smallest absolute Gasteiger partial charge is 0.322 e. The van der Waals surface area contributed by atoms with Crippen LogP contribution in [-0.4, -0.2) is 63.3 Å². The number of carbonyl (C=O) groups is 1. The first-order valence-corrected chi connectivity index (χ1v) is 10.3. The quantitative estimate of drug-likeness (QED) is 0.857. The fourth-order valence-electron chi connectivity index (χ4n) is 3.54. The molecule has 1 N–H and O–H groups in total. The fourth-order valence-corrected chi connectivity index (χ4v) is 4.58. The number of fused-ring (bicyclic) bond motifs is 1. The lowest BCUT2D eigenvalue weighted by atomic mass is 10.0. The Morgan fingerprint density at radius 2 is 1.96 bits per heavy atom. The van der Waals surface area contributed by atoms with Crippen molar-refractivity contribution in [1.29, 1.82) is 0 Å². The van der Waals surface area contributed by atoms with Crippen molar-refractivity contribution in [3.05, 3.63) is 39.3 Å². The van der Waals surface area contributed by atoms with E-state index in [2.05, 4.69) is 20.3 Å². The monoisotopic (exact) mass is 388 g/mol. The van der Waals surface area contributed by atoms with E-state index in [4.69, 9.17) is 0 Å². The van der Waals surface area contributed by atoms with Crippen LogP contribution in [0.1, 0.15) is 23.4 Å². The molecule has 9 heteroatoms. The Bertz CT molecular complexity index is 832. The number of hydrogen-bond donors (Lipinski definition) is 1. The highest BCUT2D eigenvalue weighted by Crippen LogP contribution is 2.29. The van der Waals surface area contributed by atoms with Gasteiger partial charge >= 0.3 is 6.03 Å². The van der Waals surface area contributed by atoms with Gasteiger partial charge in [0.15, 0.2) is 5.13 Å². The van der Waals surface area contributed by atoms with Gasteiger partial charge in [0, 0.05) is 49.9 Å². The van der Waals surface area contributed by atoms with Crippen LogP contribution in [0.25, 0.3) is 0 Å². The third-order valence-electron chi connectivity index (χ3n) is 5.13. The molecule has 4 rings (SSSR count). The molecule has 1 aliphatic heterocycles. The van der Waals surface area contributed by atoms with Crippen LogP contribution in [-0.2, 0) is 19.4 Å². The molecule has 0 saturated carbocycles. The minimum absolute atomic E-state index is 0.0679. The predicted octanol–water partition coefficient (Wildman–Crippen LogP) is 1.43. The van der Waals surface area contributed by atoms with Gasteiger partial charge in [0.25, 0.3) is 5.56 Å². The zero-order chi connectivity index (χ0) is 18.6. The molecule has 0 radical (unpaired) electrons. The van der Waals surface area contributed by atoms with Crippen LogP contribution in [0.3, 0.4) is 0 Å². The molecule has 144 valence electrons. The van der Waals surface area contributed by atoms with E-state index in [1.165, 1.54) is 28.5 Å². The summed E-state index contributed by atoms with van der Waals surface area (Å²) in [6.45, 7) is 4.26. The van der Waals surface area contributed by atoms with Crippen molar-refractivity contribution in [1.82, 2.24) is 24.6 Å². The number of piperazine rings is 1. The molecule has 3 heterocycles. The Labute approximate surface area is 161 Å². The number of aryl methyl sites for hydroxylation is 2.